The van der Waals surface area contributed by atoms with Gasteiger partial charge in [0.05, 0.1) is 12.7 Å². The summed E-state index contributed by atoms with van der Waals surface area (Å²) in [6, 6.07) is 0.199. The van der Waals surface area contributed by atoms with Crippen molar-refractivity contribution in [3.8, 4) is 0 Å². The van der Waals surface area contributed by atoms with Gasteiger partial charge >= 0.3 is 0 Å². The number of rotatable bonds is 9. The van der Waals surface area contributed by atoms with Gasteiger partial charge in [0.25, 0.3) is 0 Å². The van der Waals surface area contributed by atoms with Gasteiger partial charge in [-0.2, -0.15) is 0 Å². The molecule has 0 spiro atoms. The van der Waals surface area contributed by atoms with Gasteiger partial charge in [0.1, 0.15) is 0 Å². The van der Waals surface area contributed by atoms with E-state index in [-0.39, 0.29) is 18.6 Å². The summed E-state index contributed by atoms with van der Waals surface area (Å²) in [7, 11) is 0. The molecule has 0 aliphatic carbocycles. The van der Waals surface area contributed by atoms with Crippen LogP contribution in [0, 0.1) is 11.8 Å². The highest BCUT2D eigenvalue weighted by molar-refractivity contribution is 4.69. The van der Waals surface area contributed by atoms with E-state index in [9.17, 15) is 5.11 Å². The lowest BCUT2D eigenvalue weighted by Gasteiger charge is -2.21. The largest absolute Gasteiger partial charge is 0.396 e. The fourth-order valence-corrected chi connectivity index (χ4v) is 1.18. The van der Waals surface area contributed by atoms with Crippen LogP contribution in [0.5, 0.6) is 0 Å². The monoisotopic (exact) mass is 233 g/mol. The number of ether oxygens (including phenoxy) is 1. The molecule has 0 aliphatic rings. The Morgan fingerprint density at radius 2 is 1.75 bits per heavy atom. The van der Waals surface area contributed by atoms with Crippen LogP contribution in [0.4, 0.5) is 0 Å². The number of hydrogen-bond acceptors (Lipinski definition) is 4. The maximum absolute atomic E-state index is 9.62. The smallest absolute Gasteiger partial charge is 0.0897 e. The summed E-state index contributed by atoms with van der Waals surface area (Å²) in [5.41, 5.74) is 0. The van der Waals surface area contributed by atoms with Crippen LogP contribution in [0.15, 0.2) is 0 Å². The Morgan fingerprint density at radius 1 is 1.12 bits per heavy atom. The van der Waals surface area contributed by atoms with Crippen molar-refractivity contribution in [2.45, 2.75) is 39.8 Å². The molecule has 0 amide bonds. The highest BCUT2D eigenvalue weighted by atomic mass is 16.5. The molecule has 0 aromatic rings. The molecule has 3 atom stereocenters. The second-order valence-electron chi connectivity index (χ2n) is 4.94. The van der Waals surface area contributed by atoms with Gasteiger partial charge < -0.3 is 20.3 Å². The standard InChI is InChI=1S/C12H27NO3/c1-9(2)7-16-8-12(15)5-13-11(4)10(3)6-14/h9-15H,5-8H2,1-4H3. The van der Waals surface area contributed by atoms with E-state index >= 15 is 0 Å². The zero-order valence-electron chi connectivity index (χ0n) is 10.9. The summed E-state index contributed by atoms with van der Waals surface area (Å²) in [5.74, 6) is 0.692. The molecule has 0 aromatic carbocycles. The minimum atomic E-state index is -0.480. The van der Waals surface area contributed by atoms with E-state index in [1.54, 1.807) is 0 Å². The average Bonchev–Trinajstić information content (AvgIpc) is 2.24. The number of hydrogen-bond donors (Lipinski definition) is 3. The van der Waals surface area contributed by atoms with Gasteiger partial charge in [-0.3, -0.25) is 0 Å². The van der Waals surface area contributed by atoms with Crippen LogP contribution in [0.2, 0.25) is 0 Å². The van der Waals surface area contributed by atoms with Crippen LogP contribution in [0.1, 0.15) is 27.7 Å². The van der Waals surface area contributed by atoms with Crippen molar-refractivity contribution in [1.29, 1.82) is 0 Å². The first-order valence-corrected chi connectivity index (χ1v) is 6.07. The van der Waals surface area contributed by atoms with E-state index < -0.39 is 6.10 Å². The van der Waals surface area contributed by atoms with Gasteiger partial charge in [-0.1, -0.05) is 20.8 Å². The second kappa shape index (κ2) is 8.93. The third-order valence-corrected chi connectivity index (χ3v) is 2.58. The van der Waals surface area contributed by atoms with Crippen molar-refractivity contribution < 1.29 is 14.9 Å². The second-order valence-corrected chi connectivity index (χ2v) is 4.94. The molecule has 0 saturated carbocycles. The van der Waals surface area contributed by atoms with E-state index in [0.717, 1.165) is 0 Å². The first-order valence-electron chi connectivity index (χ1n) is 6.07. The lowest BCUT2D eigenvalue weighted by Crippen LogP contribution is -2.40. The topological polar surface area (TPSA) is 61.7 Å². The van der Waals surface area contributed by atoms with Crippen molar-refractivity contribution >= 4 is 0 Å². The first kappa shape index (κ1) is 15.8. The van der Waals surface area contributed by atoms with E-state index in [4.69, 9.17) is 9.84 Å². The molecule has 0 rings (SSSR count). The molecular formula is C12H27NO3. The predicted octanol–water partition coefficient (Wildman–Crippen LogP) is 0.626. The highest BCUT2D eigenvalue weighted by Gasteiger charge is 2.12. The molecule has 3 unspecified atom stereocenters. The van der Waals surface area contributed by atoms with Crippen LogP contribution in [-0.2, 0) is 4.74 Å². The lowest BCUT2D eigenvalue weighted by atomic mass is 10.1. The van der Waals surface area contributed by atoms with Crippen molar-refractivity contribution in [2.24, 2.45) is 11.8 Å². The van der Waals surface area contributed by atoms with Crippen molar-refractivity contribution in [1.82, 2.24) is 5.32 Å². The molecule has 0 bridgehead atoms. The molecule has 0 fully saturated rings. The molecule has 3 N–H and O–H groups in total. The zero-order valence-corrected chi connectivity index (χ0v) is 10.9. The summed E-state index contributed by atoms with van der Waals surface area (Å²) in [4.78, 5) is 0. The normalized spacial score (nSPS) is 17.4. The van der Waals surface area contributed by atoms with Gasteiger partial charge in [-0.15, -0.1) is 0 Å². The van der Waals surface area contributed by atoms with Gasteiger partial charge in [0.15, 0.2) is 0 Å². The number of nitrogens with one attached hydrogen (secondary N) is 1. The molecule has 0 aromatic heterocycles. The summed E-state index contributed by atoms with van der Waals surface area (Å²) in [5, 5.41) is 21.7. The molecular weight excluding hydrogens is 206 g/mol. The minimum Gasteiger partial charge on any atom is -0.396 e. The van der Waals surface area contributed by atoms with Gasteiger partial charge in [0, 0.05) is 25.8 Å². The van der Waals surface area contributed by atoms with Crippen LogP contribution in [-0.4, -0.2) is 48.7 Å². The van der Waals surface area contributed by atoms with Crippen LogP contribution in [0.25, 0.3) is 0 Å². The maximum Gasteiger partial charge on any atom is 0.0897 e. The molecule has 4 nitrogen and oxygen atoms in total. The van der Waals surface area contributed by atoms with Crippen LogP contribution in [0.3, 0.4) is 0 Å². The first-order chi connectivity index (χ1) is 7.47. The van der Waals surface area contributed by atoms with Crippen molar-refractivity contribution in [3.63, 3.8) is 0 Å². The molecule has 0 saturated heterocycles. The Labute approximate surface area is 99.0 Å². The molecule has 0 aliphatic heterocycles. The quantitative estimate of drug-likeness (QED) is 0.546. The van der Waals surface area contributed by atoms with E-state index in [2.05, 4.69) is 19.2 Å². The summed E-state index contributed by atoms with van der Waals surface area (Å²) >= 11 is 0. The van der Waals surface area contributed by atoms with Gasteiger partial charge in [-0.05, 0) is 18.8 Å². The van der Waals surface area contributed by atoms with Crippen molar-refractivity contribution in [2.75, 3.05) is 26.4 Å². The van der Waals surface area contributed by atoms with Crippen LogP contribution >= 0.6 is 0 Å². The fourth-order valence-electron chi connectivity index (χ4n) is 1.18. The fraction of sp³-hybridized carbons (Fsp3) is 1.00. The minimum absolute atomic E-state index is 0.161. The van der Waals surface area contributed by atoms with Gasteiger partial charge in [0.2, 0.25) is 0 Å². The SMILES string of the molecule is CC(C)COCC(O)CNC(C)C(C)CO. The Kier molecular flexibility index (Phi) is 8.84. The molecule has 4 heteroatoms. The number of aliphatic hydroxyl groups is 2. The maximum atomic E-state index is 9.62. The Bertz CT molecular complexity index is 164. The van der Waals surface area contributed by atoms with E-state index in [0.29, 0.717) is 25.7 Å². The highest BCUT2D eigenvalue weighted by Crippen LogP contribution is 2.00. The lowest BCUT2D eigenvalue weighted by molar-refractivity contribution is 0.0240. The van der Waals surface area contributed by atoms with Gasteiger partial charge in [-0.25, -0.2) is 0 Å². The molecule has 16 heavy (non-hydrogen) atoms. The zero-order chi connectivity index (χ0) is 12.6. The summed E-state index contributed by atoms with van der Waals surface area (Å²) in [6.45, 7) is 9.84. The Balaban J connectivity index is 3.53. The number of aliphatic hydroxyl groups excluding tert-OH is 2. The van der Waals surface area contributed by atoms with Crippen LogP contribution < -0.4 is 5.32 Å². The summed E-state index contributed by atoms with van der Waals surface area (Å²) < 4.78 is 5.34. The van der Waals surface area contributed by atoms with E-state index in [1.165, 1.54) is 0 Å². The average molecular weight is 233 g/mol. The van der Waals surface area contributed by atoms with E-state index in [1.807, 2.05) is 13.8 Å². The third-order valence-electron chi connectivity index (χ3n) is 2.58. The Morgan fingerprint density at radius 3 is 2.25 bits per heavy atom. The Hall–Kier alpha value is -0.160. The predicted molar refractivity (Wildman–Crippen MR) is 65.4 cm³/mol. The summed E-state index contributed by atoms with van der Waals surface area (Å²) in [6.07, 6.45) is -0.480. The molecule has 0 radical (unpaired) electrons. The van der Waals surface area contributed by atoms with Crippen molar-refractivity contribution in [3.05, 3.63) is 0 Å². The molecule has 98 valence electrons. The third kappa shape index (κ3) is 8.05. The molecule has 0 heterocycles.